The van der Waals surface area contributed by atoms with Crippen LogP contribution in [0.3, 0.4) is 0 Å². The first kappa shape index (κ1) is 46.4. The smallest absolute Gasteiger partial charge is 0.186 e. The third kappa shape index (κ3) is 10.1. The molecule has 59 heavy (non-hydrogen) atoms. The lowest BCUT2D eigenvalue weighted by Gasteiger charge is -2.22. The van der Waals surface area contributed by atoms with Crippen LogP contribution in [0.4, 0.5) is 27.7 Å². The summed E-state index contributed by atoms with van der Waals surface area (Å²) in [7, 11) is -7.53. The average Bonchev–Trinajstić information content (AvgIpc) is 3.66. The van der Waals surface area contributed by atoms with Crippen LogP contribution in [0.15, 0.2) is 46.7 Å². The molecule has 0 spiro atoms. The summed E-state index contributed by atoms with van der Waals surface area (Å²) in [5, 5.41) is 29.3. The SMILES string of the molecule is CCCO.CCCOc1cc2ncnc(Nc3n[nH]c(C)c3C)c2cc1S(=O)(=O)C(C)(C)C.Cc1[nH]nc(Nc2ncnc3cc(F)c(S(=O)(=O)C(C)(C)C)cc23)c1C. The molecule has 0 atom stereocenters. The summed E-state index contributed by atoms with van der Waals surface area (Å²) < 4.78 is 70.1. The highest BCUT2D eigenvalue weighted by molar-refractivity contribution is 7.93. The van der Waals surface area contributed by atoms with Crippen LogP contribution in [0.25, 0.3) is 21.8 Å². The number of aliphatic hydroxyl groups excluding tert-OH is 1. The van der Waals surface area contributed by atoms with E-state index >= 15 is 0 Å². The van der Waals surface area contributed by atoms with Gasteiger partial charge in [0.1, 0.15) is 45.6 Å². The van der Waals surface area contributed by atoms with Crippen molar-refractivity contribution in [1.82, 2.24) is 40.3 Å². The number of aromatic nitrogens is 8. The second kappa shape index (κ2) is 18.3. The largest absolute Gasteiger partial charge is 0.492 e. The molecule has 0 amide bonds. The lowest BCUT2D eigenvalue weighted by Crippen LogP contribution is -2.28. The standard InChI is InChI=1S/C20H27N5O3S.C17H20FN5O2S.C3H8O/c1-7-8-28-16-10-15-14(9-17(16)29(26,27)20(4,5)6)19(22-11-21-15)23-18-12(2)13(3)24-25-18;1-9-10(2)22-23-15(9)21-16-11-6-14(26(24,25)17(3,4)5)12(18)7-13(11)19-8-20-16;1-2-3-4/h9-11H,7-8H2,1-6H3,(H2,21,22,23,24,25);6-8H,1-5H3,(H2,19,20,21,22,23);4H,2-3H2,1H3. The van der Waals surface area contributed by atoms with Crippen LogP contribution in [0.2, 0.25) is 0 Å². The van der Waals surface area contributed by atoms with E-state index in [0.29, 0.717) is 64.0 Å². The van der Waals surface area contributed by atoms with Gasteiger partial charge in [-0.05, 0) is 94.2 Å². The first-order valence-corrected chi connectivity index (χ1v) is 22.0. The Morgan fingerprint density at radius 2 is 1.08 bits per heavy atom. The molecule has 0 fully saturated rings. The van der Waals surface area contributed by atoms with E-state index < -0.39 is 35.0 Å². The molecule has 0 bridgehead atoms. The summed E-state index contributed by atoms with van der Waals surface area (Å²) in [6, 6.07) is 5.66. The van der Waals surface area contributed by atoms with Crippen molar-refractivity contribution >= 4 is 64.8 Å². The van der Waals surface area contributed by atoms with Crippen molar-refractivity contribution in [2.45, 2.75) is 115 Å². The van der Waals surface area contributed by atoms with E-state index in [0.717, 1.165) is 41.4 Å². The van der Waals surface area contributed by atoms with Crippen molar-refractivity contribution in [2.75, 3.05) is 23.8 Å². The second-order valence-corrected chi connectivity index (χ2v) is 21.1. The molecule has 0 radical (unpaired) electrons. The minimum absolute atomic E-state index is 0.138. The van der Waals surface area contributed by atoms with Crippen LogP contribution in [0, 0.1) is 33.5 Å². The van der Waals surface area contributed by atoms with E-state index in [1.165, 1.54) is 39.5 Å². The zero-order valence-electron chi connectivity index (χ0n) is 35.7. The molecule has 6 rings (SSSR count). The summed E-state index contributed by atoms with van der Waals surface area (Å²) in [5.41, 5.74) is 4.60. The van der Waals surface area contributed by atoms with Crippen molar-refractivity contribution < 1.29 is 31.1 Å². The van der Waals surface area contributed by atoms with Crippen LogP contribution in [0.5, 0.6) is 5.75 Å². The number of benzene rings is 2. The van der Waals surface area contributed by atoms with Gasteiger partial charge in [0.25, 0.3) is 0 Å². The van der Waals surface area contributed by atoms with Crippen LogP contribution in [-0.2, 0) is 19.7 Å². The van der Waals surface area contributed by atoms with E-state index in [9.17, 15) is 21.2 Å². The summed E-state index contributed by atoms with van der Waals surface area (Å²) in [6.07, 6.45) is 4.36. The van der Waals surface area contributed by atoms with Crippen LogP contribution < -0.4 is 15.4 Å². The topological polar surface area (TPSA) is 231 Å². The molecule has 0 unspecified atom stereocenters. The van der Waals surface area contributed by atoms with Gasteiger partial charge in [0.05, 0.1) is 27.1 Å². The molecule has 5 N–H and O–H groups in total. The highest BCUT2D eigenvalue weighted by atomic mass is 32.2. The molecule has 4 aromatic heterocycles. The number of fused-ring (bicyclic) bond motifs is 2. The molecule has 320 valence electrons. The molecule has 16 nitrogen and oxygen atoms in total. The fourth-order valence-corrected chi connectivity index (χ4v) is 7.72. The minimum Gasteiger partial charge on any atom is -0.492 e. The van der Waals surface area contributed by atoms with Crippen LogP contribution in [-0.4, -0.2) is 85.0 Å². The van der Waals surface area contributed by atoms with Gasteiger partial charge < -0.3 is 20.5 Å². The van der Waals surface area contributed by atoms with Gasteiger partial charge >= 0.3 is 0 Å². The number of hydrogen-bond donors (Lipinski definition) is 5. The quantitative estimate of drug-likeness (QED) is 0.0883. The minimum atomic E-state index is -3.87. The normalized spacial score (nSPS) is 12.1. The Balaban J connectivity index is 0.000000240. The van der Waals surface area contributed by atoms with Crippen LogP contribution in [0.1, 0.15) is 90.7 Å². The van der Waals surface area contributed by atoms with E-state index in [1.54, 1.807) is 32.9 Å². The molecular formula is C40H55FN10O6S2. The lowest BCUT2D eigenvalue weighted by molar-refractivity contribution is 0.295. The first-order chi connectivity index (χ1) is 27.5. The maximum Gasteiger partial charge on any atom is 0.186 e. The Kier molecular flexibility index (Phi) is 14.4. The number of aromatic amines is 2. The Morgan fingerprint density at radius 3 is 1.47 bits per heavy atom. The predicted octanol–water partition coefficient (Wildman–Crippen LogP) is 7.89. The summed E-state index contributed by atoms with van der Waals surface area (Å²) >= 11 is 0. The van der Waals surface area contributed by atoms with Crippen molar-refractivity contribution in [3.63, 3.8) is 0 Å². The average molecular weight is 855 g/mol. The number of rotatable bonds is 10. The maximum atomic E-state index is 14.5. The number of halogens is 1. The van der Waals surface area contributed by atoms with E-state index in [1.807, 2.05) is 41.5 Å². The molecule has 4 heterocycles. The highest BCUT2D eigenvalue weighted by Gasteiger charge is 2.35. The van der Waals surface area contributed by atoms with E-state index in [4.69, 9.17) is 9.84 Å². The molecule has 19 heteroatoms. The van der Waals surface area contributed by atoms with Gasteiger partial charge in [-0.15, -0.1) is 0 Å². The number of sulfone groups is 2. The lowest BCUT2D eigenvalue weighted by atomic mass is 10.2. The fraction of sp³-hybridized carbons (Fsp3) is 0.450. The van der Waals surface area contributed by atoms with Crippen molar-refractivity contribution in [1.29, 1.82) is 0 Å². The third-order valence-corrected chi connectivity index (χ3v) is 14.3. The zero-order valence-corrected chi connectivity index (χ0v) is 37.3. The molecule has 0 saturated carbocycles. The Morgan fingerprint density at radius 1 is 0.661 bits per heavy atom. The van der Waals surface area contributed by atoms with Crippen molar-refractivity contribution in [3.05, 3.63) is 65.3 Å². The monoisotopic (exact) mass is 854 g/mol. The number of nitrogens with zero attached hydrogens (tertiary/aromatic N) is 6. The zero-order chi connectivity index (χ0) is 44.1. The molecule has 0 aliphatic heterocycles. The molecular weight excluding hydrogens is 800 g/mol. The van der Waals surface area contributed by atoms with Gasteiger partial charge in [0.2, 0.25) is 0 Å². The number of hydrogen-bond acceptors (Lipinski definition) is 14. The first-order valence-electron chi connectivity index (χ1n) is 19.0. The number of ether oxygens (including phenoxy) is 1. The highest BCUT2D eigenvalue weighted by Crippen LogP contribution is 2.38. The number of H-pyrrole nitrogens is 2. The number of aliphatic hydroxyl groups is 1. The predicted molar refractivity (Wildman–Crippen MR) is 229 cm³/mol. The molecule has 0 aliphatic carbocycles. The number of nitrogens with one attached hydrogen (secondary N) is 4. The van der Waals surface area contributed by atoms with Crippen molar-refractivity contribution in [3.8, 4) is 5.75 Å². The summed E-state index contributed by atoms with van der Waals surface area (Å²) in [5.74, 6) is 1.52. The van der Waals surface area contributed by atoms with Gasteiger partial charge in [0, 0.05) is 52.0 Å². The molecule has 0 aliphatic rings. The molecule has 2 aromatic carbocycles. The van der Waals surface area contributed by atoms with E-state index in [-0.39, 0.29) is 9.79 Å². The van der Waals surface area contributed by atoms with Gasteiger partial charge in [-0.25, -0.2) is 41.2 Å². The van der Waals surface area contributed by atoms with Crippen molar-refractivity contribution in [2.24, 2.45) is 0 Å². The Bertz CT molecular complexity index is 2650. The third-order valence-electron chi connectivity index (χ3n) is 9.25. The number of aryl methyl sites for hydroxylation is 2. The molecule has 6 aromatic rings. The summed E-state index contributed by atoms with van der Waals surface area (Å²) in [6.45, 7) is 21.9. The second-order valence-electron chi connectivity index (χ2n) is 15.8. The number of anilines is 4. The summed E-state index contributed by atoms with van der Waals surface area (Å²) in [4.78, 5) is 16.6. The fourth-order valence-electron chi connectivity index (χ4n) is 5.16. The van der Waals surface area contributed by atoms with Gasteiger partial charge in [0.15, 0.2) is 31.3 Å². The van der Waals surface area contributed by atoms with Gasteiger partial charge in [-0.3, -0.25) is 10.2 Å². The Labute approximate surface area is 345 Å². The van der Waals surface area contributed by atoms with E-state index in [2.05, 4.69) is 51.0 Å². The Hall–Kier alpha value is -5.27. The van der Waals surface area contributed by atoms with Crippen LogP contribution >= 0.6 is 0 Å². The maximum absolute atomic E-state index is 14.5. The van der Waals surface area contributed by atoms with Gasteiger partial charge in [-0.2, -0.15) is 10.2 Å². The van der Waals surface area contributed by atoms with Gasteiger partial charge in [-0.1, -0.05) is 13.8 Å². The molecule has 0 saturated heterocycles.